The van der Waals surface area contributed by atoms with E-state index in [1.807, 2.05) is 12.3 Å². The molecule has 0 aliphatic heterocycles. The number of alkyl halides is 1. The Morgan fingerprint density at radius 3 is 2.73 bits per heavy atom. The smallest absolute Gasteiger partial charge is 0.0597 e. The molecule has 0 aliphatic rings. The van der Waals surface area contributed by atoms with Crippen molar-refractivity contribution in [2.75, 3.05) is 18.0 Å². The van der Waals surface area contributed by atoms with Gasteiger partial charge in [0, 0.05) is 25.2 Å². The van der Waals surface area contributed by atoms with Crippen LogP contribution in [0.2, 0.25) is 0 Å². The number of halogens is 1. The second kappa shape index (κ2) is 5.96. The van der Waals surface area contributed by atoms with Crippen LogP contribution in [0.15, 0.2) is 18.5 Å². The van der Waals surface area contributed by atoms with Gasteiger partial charge in [0.05, 0.1) is 11.9 Å². The first kappa shape index (κ1) is 12.3. The molecule has 1 rings (SSSR count). The van der Waals surface area contributed by atoms with E-state index >= 15 is 0 Å². The Balaban J connectivity index is 2.90. The standard InChI is InChI=1S/C12H19ClN2/c1-4-15(9-10(2)3)12-8-14-6-5-11(12)7-13/h5-6,8,10H,4,7,9H2,1-3H3. The van der Waals surface area contributed by atoms with Crippen LogP contribution in [0.25, 0.3) is 0 Å². The number of hydrogen-bond acceptors (Lipinski definition) is 2. The summed E-state index contributed by atoms with van der Waals surface area (Å²) in [5.41, 5.74) is 2.33. The minimum Gasteiger partial charge on any atom is -0.370 e. The third-order valence-electron chi connectivity index (χ3n) is 2.34. The number of rotatable bonds is 5. The van der Waals surface area contributed by atoms with E-state index < -0.39 is 0 Å². The van der Waals surface area contributed by atoms with Gasteiger partial charge in [0.2, 0.25) is 0 Å². The lowest BCUT2D eigenvalue weighted by molar-refractivity contribution is 0.617. The number of anilines is 1. The predicted molar refractivity (Wildman–Crippen MR) is 66.5 cm³/mol. The quantitative estimate of drug-likeness (QED) is 0.717. The molecule has 0 bridgehead atoms. The second-order valence-electron chi connectivity index (χ2n) is 4.07. The summed E-state index contributed by atoms with van der Waals surface area (Å²) in [6.07, 6.45) is 3.70. The third kappa shape index (κ3) is 3.38. The average molecular weight is 227 g/mol. The molecule has 0 fully saturated rings. The molecule has 0 amide bonds. The summed E-state index contributed by atoms with van der Waals surface area (Å²) in [4.78, 5) is 6.50. The number of nitrogens with zero attached hydrogens (tertiary/aromatic N) is 2. The Kier molecular flexibility index (Phi) is 4.89. The summed E-state index contributed by atoms with van der Waals surface area (Å²) in [5, 5.41) is 0. The Morgan fingerprint density at radius 1 is 1.47 bits per heavy atom. The molecule has 1 heterocycles. The molecule has 84 valence electrons. The largest absolute Gasteiger partial charge is 0.370 e. The van der Waals surface area contributed by atoms with Crippen LogP contribution >= 0.6 is 11.6 Å². The maximum Gasteiger partial charge on any atom is 0.0597 e. The second-order valence-corrected chi connectivity index (χ2v) is 4.34. The van der Waals surface area contributed by atoms with Gasteiger partial charge in [-0.2, -0.15) is 0 Å². The van der Waals surface area contributed by atoms with Crippen LogP contribution in [0.5, 0.6) is 0 Å². The van der Waals surface area contributed by atoms with Crippen LogP contribution in [0.1, 0.15) is 26.3 Å². The van der Waals surface area contributed by atoms with Gasteiger partial charge in [-0.1, -0.05) is 13.8 Å². The lowest BCUT2D eigenvalue weighted by Crippen LogP contribution is -2.28. The molecule has 0 saturated carbocycles. The fourth-order valence-corrected chi connectivity index (χ4v) is 1.88. The van der Waals surface area contributed by atoms with Crippen LogP contribution in [0.3, 0.4) is 0 Å². The zero-order chi connectivity index (χ0) is 11.3. The molecule has 0 aromatic carbocycles. The summed E-state index contributed by atoms with van der Waals surface area (Å²) < 4.78 is 0. The van der Waals surface area contributed by atoms with Crippen molar-refractivity contribution in [3.05, 3.63) is 24.0 Å². The molecular weight excluding hydrogens is 208 g/mol. The van der Waals surface area contributed by atoms with E-state index in [9.17, 15) is 0 Å². The zero-order valence-corrected chi connectivity index (χ0v) is 10.5. The normalized spacial score (nSPS) is 10.7. The molecule has 0 saturated heterocycles. The highest BCUT2D eigenvalue weighted by Crippen LogP contribution is 2.21. The first-order chi connectivity index (χ1) is 7.19. The Hall–Kier alpha value is -0.760. The summed E-state index contributed by atoms with van der Waals surface area (Å²) in [6.45, 7) is 8.64. The van der Waals surface area contributed by atoms with E-state index in [4.69, 9.17) is 11.6 Å². The molecule has 2 nitrogen and oxygen atoms in total. The highest BCUT2D eigenvalue weighted by atomic mass is 35.5. The highest BCUT2D eigenvalue weighted by Gasteiger charge is 2.10. The van der Waals surface area contributed by atoms with E-state index in [0.717, 1.165) is 18.7 Å². The van der Waals surface area contributed by atoms with Crippen molar-refractivity contribution < 1.29 is 0 Å². The monoisotopic (exact) mass is 226 g/mol. The molecule has 0 unspecified atom stereocenters. The number of aromatic nitrogens is 1. The predicted octanol–water partition coefficient (Wildman–Crippen LogP) is 3.30. The Bertz CT molecular complexity index is 299. The van der Waals surface area contributed by atoms with Crippen molar-refractivity contribution in [1.29, 1.82) is 0 Å². The van der Waals surface area contributed by atoms with Gasteiger partial charge in [0.1, 0.15) is 0 Å². The molecular formula is C12H19ClN2. The SMILES string of the molecule is CCN(CC(C)C)c1cnccc1CCl. The Morgan fingerprint density at radius 2 is 2.20 bits per heavy atom. The van der Waals surface area contributed by atoms with E-state index in [-0.39, 0.29) is 0 Å². The van der Waals surface area contributed by atoms with Crippen molar-refractivity contribution in [2.24, 2.45) is 5.92 Å². The first-order valence-electron chi connectivity index (χ1n) is 5.42. The van der Waals surface area contributed by atoms with Gasteiger partial charge in [0.25, 0.3) is 0 Å². The molecule has 0 atom stereocenters. The molecule has 0 aliphatic carbocycles. The molecule has 1 aromatic heterocycles. The van der Waals surface area contributed by atoms with Crippen molar-refractivity contribution in [1.82, 2.24) is 4.98 Å². The van der Waals surface area contributed by atoms with E-state index in [0.29, 0.717) is 11.8 Å². The minimum atomic E-state index is 0.548. The van der Waals surface area contributed by atoms with Crippen LogP contribution < -0.4 is 4.90 Å². The average Bonchev–Trinajstić information content (AvgIpc) is 2.25. The minimum absolute atomic E-state index is 0.548. The van der Waals surface area contributed by atoms with Gasteiger partial charge in [-0.3, -0.25) is 4.98 Å². The summed E-state index contributed by atoms with van der Waals surface area (Å²) in [5.74, 6) is 1.19. The third-order valence-corrected chi connectivity index (χ3v) is 2.63. The molecule has 3 heteroatoms. The molecule has 0 spiro atoms. The maximum atomic E-state index is 5.92. The van der Waals surface area contributed by atoms with Crippen LogP contribution in [-0.4, -0.2) is 18.1 Å². The van der Waals surface area contributed by atoms with Crippen molar-refractivity contribution in [3.8, 4) is 0 Å². The van der Waals surface area contributed by atoms with E-state index in [1.165, 1.54) is 5.69 Å². The van der Waals surface area contributed by atoms with Gasteiger partial charge < -0.3 is 4.90 Å². The lowest BCUT2D eigenvalue weighted by atomic mass is 10.1. The van der Waals surface area contributed by atoms with Crippen LogP contribution in [-0.2, 0) is 5.88 Å². The summed E-state index contributed by atoms with van der Waals surface area (Å²) >= 11 is 5.92. The van der Waals surface area contributed by atoms with Gasteiger partial charge >= 0.3 is 0 Å². The van der Waals surface area contributed by atoms with Crippen LogP contribution in [0, 0.1) is 5.92 Å². The van der Waals surface area contributed by atoms with Crippen molar-refractivity contribution >= 4 is 17.3 Å². The van der Waals surface area contributed by atoms with Gasteiger partial charge in [0.15, 0.2) is 0 Å². The summed E-state index contributed by atoms with van der Waals surface area (Å²) in [7, 11) is 0. The van der Waals surface area contributed by atoms with Gasteiger partial charge in [-0.05, 0) is 24.5 Å². The first-order valence-corrected chi connectivity index (χ1v) is 5.96. The molecule has 0 N–H and O–H groups in total. The van der Waals surface area contributed by atoms with Crippen LogP contribution in [0.4, 0.5) is 5.69 Å². The maximum absolute atomic E-state index is 5.92. The fraction of sp³-hybridized carbons (Fsp3) is 0.583. The van der Waals surface area contributed by atoms with Crippen molar-refractivity contribution in [3.63, 3.8) is 0 Å². The molecule has 1 aromatic rings. The Labute approximate surface area is 97.3 Å². The lowest BCUT2D eigenvalue weighted by Gasteiger charge is -2.26. The topological polar surface area (TPSA) is 16.1 Å². The number of hydrogen-bond donors (Lipinski definition) is 0. The van der Waals surface area contributed by atoms with Gasteiger partial charge in [-0.15, -0.1) is 11.6 Å². The fourth-order valence-electron chi connectivity index (χ4n) is 1.65. The van der Waals surface area contributed by atoms with Crippen molar-refractivity contribution in [2.45, 2.75) is 26.7 Å². The molecule has 15 heavy (non-hydrogen) atoms. The van der Waals surface area contributed by atoms with E-state index in [2.05, 4.69) is 30.7 Å². The molecule has 0 radical (unpaired) electrons. The summed E-state index contributed by atoms with van der Waals surface area (Å²) in [6, 6.07) is 1.99. The number of pyridine rings is 1. The zero-order valence-electron chi connectivity index (χ0n) is 9.70. The van der Waals surface area contributed by atoms with E-state index in [1.54, 1.807) is 6.20 Å². The highest BCUT2D eigenvalue weighted by molar-refractivity contribution is 6.17. The van der Waals surface area contributed by atoms with Gasteiger partial charge in [-0.25, -0.2) is 0 Å².